The fourth-order valence-electron chi connectivity index (χ4n) is 3.34. The van der Waals surface area contributed by atoms with Crippen LogP contribution < -0.4 is 10.7 Å². The standard InChI is InChI=1S/C23H24Cl2N4O2/c1-13(2)21(27-22(30)15-9-10-18(24)19(25)11-15)23(31)28-26-12-17-14(3)29(4)20-8-6-5-7-16(17)20/h5-13,21H,1-4H3,(H,27,30)(H,28,31)/b26-12-. The van der Waals surface area contributed by atoms with E-state index >= 15 is 0 Å². The number of carbonyl (C=O) groups is 2. The predicted octanol–water partition coefficient (Wildman–Crippen LogP) is 4.70. The summed E-state index contributed by atoms with van der Waals surface area (Å²) < 4.78 is 2.08. The molecule has 31 heavy (non-hydrogen) atoms. The van der Waals surface area contributed by atoms with Crippen LogP contribution in [0.2, 0.25) is 10.0 Å². The first-order valence-electron chi connectivity index (χ1n) is 9.83. The van der Waals surface area contributed by atoms with Gasteiger partial charge >= 0.3 is 0 Å². The molecule has 1 atom stereocenters. The van der Waals surface area contributed by atoms with Gasteiger partial charge in [0, 0.05) is 34.8 Å². The highest BCUT2D eigenvalue weighted by Crippen LogP contribution is 2.24. The topological polar surface area (TPSA) is 75.5 Å². The van der Waals surface area contributed by atoms with E-state index in [-0.39, 0.29) is 10.9 Å². The Hall–Kier alpha value is -2.83. The van der Waals surface area contributed by atoms with Crippen LogP contribution in [0.3, 0.4) is 0 Å². The molecule has 2 N–H and O–H groups in total. The SMILES string of the molecule is Cc1c(/C=N\NC(=O)C(NC(=O)c2ccc(Cl)c(Cl)c2)C(C)C)c2ccccc2n1C. The summed E-state index contributed by atoms with van der Waals surface area (Å²) in [7, 11) is 1.99. The maximum atomic E-state index is 12.7. The van der Waals surface area contributed by atoms with Crippen molar-refractivity contribution in [1.82, 2.24) is 15.3 Å². The Morgan fingerprint density at radius 1 is 1.10 bits per heavy atom. The zero-order valence-electron chi connectivity index (χ0n) is 17.7. The number of carbonyl (C=O) groups excluding carboxylic acids is 2. The molecule has 3 rings (SSSR count). The van der Waals surface area contributed by atoms with E-state index in [9.17, 15) is 9.59 Å². The van der Waals surface area contributed by atoms with E-state index in [0.29, 0.717) is 10.6 Å². The van der Waals surface area contributed by atoms with Gasteiger partial charge in [-0.3, -0.25) is 9.59 Å². The Morgan fingerprint density at radius 3 is 2.48 bits per heavy atom. The minimum atomic E-state index is -0.771. The number of hydrogen-bond donors (Lipinski definition) is 2. The van der Waals surface area contributed by atoms with Crippen molar-refractivity contribution in [2.24, 2.45) is 18.1 Å². The molecule has 162 valence electrons. The summed E-state index contributed by atoms with van der Waals surface area (Å²) in [5, 5.41) is 8.57. The molecule has 3 aromatic rings. The van der Waals surface area contributed by atoms with E-state index in [2.05, 4.69) is 20.4 Å². The van der Waals surface area contributed by atoms with Crippen molar-refractivity contribution in [3.8, 4) is 0 Å². The lowest BCUT2D eigenvalue weighted by Gasteiger charge is -2.20. The predicted molar refractivity (Wildman–Crippen MR) is 126 cm³/mol. The smallest absolute Gasteiger partial charge is 0.262 e. The van der Waals surface area contributed by atoms with Gasteiger partial charge in [-0.15, -0.1) is 0 Å². The van der Waals surface area contributed by atoms with Crippen molar-refractivity contribution in [3.05, 3.63) is 69.3 Å². The average molecular weight is 459 g/mol. The monoisotopic (exact) mass is 458 g/mol. The Morgan fingerprint density at radius 2 is 1.81 bits per heavy atom. The zero-order valence-corrected chi connectivity index (χ0v) is 19.3. The van der Waals surface area contributed by atoms with Gasteiger partial charge in [-0.1, -0.05) is 55.2 Å². The van der Waals surface area contributed by atoms with E-state index in [0.717, 1.165) is 22.2 Å². The van der Waals surface area contributed by atoms with E-state index in [1.165, 1.54) is 6.07 Å². The number of hydrogen-bond acceptors (Lipinski definition) is 3. The van der Waals surface area contributed by atoms with E-state index in [1.807, 2.05) is 52.1 Å². The number of nitrogens with one attached hydrogen (secondary N) is 2. The van der Waals surface area contributed by atoms with E-state index in [4.69, 9.17) is 23.2 Å². The summed E-state index contributed by atoms with van der Waals surface area (Å²) in [6.45, 7) is 5.69. The van der Waals surface area contributed by atoms with Crippen LogP contribution in [0.15, 0.2) is 47.6 Å². The molecule has 0 fully saturated rings. The molecule has 0 saturated heterocycles. The van der Waals surface area contributed by atoms with Crippen molar-refractivity contribution < 1.29 is 9.59 Å². The van der Waals surface area contributed by atoms with Gasteiger partial charge in [0.15, 0.2) is 0 Å². The van der Waals surface area contributed by atoms with Gasteiger partial charge in [0.05, 0.1) is 16.3 Å². The molecule has 0 radical (unpaired) electrons. The Balaban J connectivity index is 1.73. The second kappa shape index (κ2) is 9.54. The van der Waals surface area contributed by atoms with Crippen molar-refractivity contribution in [2.75, 3.05) is 0 Å². The fourth-order valence-corrected chi connectivity index (χ4v) is 3.64. The van der Waals surface area contributed by atoms with Crippen molar-refractivity contribution in [2.45, 2.75) is 26.8 Å². The number of fused-ring (bicyclic) bond motifs is 1. The van der Waals surface area contributed by atoms with Crippen molar-refractivity contribution in [1.29, 1.82) is 0 Å². The van der Waals surface area contributed by atoms with Crippen LogP contribution in [0.1, 0.15) is 35.5 Å². The highest BCUT2D eigenvalue weighted by atomic mass is 35.5. The van der Waals surface area contributed by atoms with E-state index < -0.39 is 17.9 Å². The summed E-state index contributed by atoms with van der Waals surface area (Å²) >= 11 is 11.9. The van der Waals surface area contributed by atoms with E-state index in [1.54, 1.807) is 18.3 Å². The summed E-state index contributed by atoms with van der Waals surface area (Å²) in [6.07, 6.45) is 1.63. The number of hydrazone groups is 1. The first-order valence-corrected chi connectivity index (χ1v) is 10.6. The molecule has 0 spiro atoms. The van der Waals surface area contributed by atoms with Gasteiger partial charge in [-0.25, -0.2) is 5.43 Å². The number of aryl methyl sites for hydroxylation is 1. The third kappa shape index (κ3) is 4.92. The second-order valence-electron chi connectivity index (χ2n) is 7.63. The van der Waals surface area contributed by atoms with Gasteiger partial charge in [-0.05, 0) is 37.1 Å². The van der Waals surface area contributed by atoms with Crippen LogP contribution >= 0.6 is 23.2 Å². The molecule has 2 amide bonds. The van der Waals surface area contributed by atoms with Gasteiger partial charge in [-0.2, -0.15) is 5.10 Å². The molecule has 0 saturated carbocycles. The van der Waals surface area contributed by atoms with Gasteiger partial charge in [0.1, 0.15) is 6.04 Å². The minimum Gasteiger partial charge on any atom is -0.347 e. The quantitative estimate of drug-likeness (QED) is 0.414. The number of amides is 2. The molecule has 2 aromatic carbocycles. The lowest BCUT2D eigenvalue weighted by molar-refractivity contribution is -0.123. The first kappa shape index (κ1) is 22.8. The number of nitrogens with zero attached hydrogens (tertiary/aromatic N) is 2. The van der Waals surface area contributed by atoms with Gasteiger partial charge in [0.25, 0.3) is 11.8 Å². The molecule has 0 aliphatic heterocycles. The highest BCUT2D eigenvalue weighted by Gasteiger charge is 2.25. The van der Waals surface area contributed by atoms with Crippen LogP contribution in [0, 0.1) is 12.8 Å². The van der Waals surface area contributed by atoms with Gasteiger partial charge in [0.2, 0.25) is 0 Å². The molecule has 0 bridgehead atoms. The Bertz CT molecular complexity index is 1170. The zero-order chi connectivity index (χ0) is 22.7. The molecule has 8 heteroatoms. The van der Waals surface area contributed by atoms with Gasteiger partial charge < -0.3 is 9.88 Å². The largest absolute Gasteiger partial charge is 0.347 e. The molecule has 1 heterocycles. The molecule has 1 unspecified atom stereocenters. The second-order valence-corrected chi connectivity index (χ2v) is 8.45. The summed E-state index contributed by atoms with van der Waals surface area (Å²) in [6, 6.07) is 11.8. The van der Waals surface area contributed by atoms with Crippen molar-refractivity contribution >= 4 is 52.1 Å². The normalized spacial score (nSPS) is 12.5. The molecular formula is C23H24Cl2N4O2. The Kier molecular flexibility index (Phi) is 7.03. The third-order valence-electron chi connectivity index (χ3n) is 5.23. The number of rotatable bonds is 6. The number of halogens is 2. The highest BCUT2D eigenvalue weighted by molar-refractivity contribution is 6.42. The molecular weight excluding hydrogens is 435 g/mol. The van der Waals surface area contributed by atoms with Crippen LogP contribution in [0.4, 0.5) is 0 Å². The third-order valence-corrected chi connectivity index (χ3v) is 5.97. The van der Waals surface area contributed by atoms with Crippen LogP contribution in [-0.4, -0.2) is 28.6 Å². The van der Waals surface area contributed by atoms with Crippen LogP contribution in [0.25, 0.3) is 10.9 Å². The molecule has 0 aliphatic rings. The first-order chi connectivity index (χ1) is 14.7. The summed E-state index contributed by atoms with van der Waals surface area (Å²) in [4.78, 5) is 25.3. The fraction of sp³-hybridized carbons (Fsp3) is 0.261. The number of benzene rings is 2. The molecule has 1 aromatic heterocycles. The van der Waals surface area contributed by atoms with Crippen LogP contribution in [-0.2, 0) is 11.8 Å². The van der Waals surface area contributed by atoms with Crippen molar-refractivity contribution in [3.63, 3.8) is 0 Å². The minimum absolute atomic E-state index is 0.152. The molecule has 6 nitrogen and oxygen atoms in total. The Labute approximate surface area is 191 Å². The lowest BCUT2D eigenvalue weighted by Crippen LogP contribution is -2.48. The average Bonchev–Trinajstić information content (AvgIpc) is 2.98. The maximum absolute atomic E-state index is 12.7. The summed E-state index contributed by atoms with van der Waals surface area (Å²) in [5.74, 6) is -0.972. The number of aromatic nitrogens is 1. The lowest BCUT2D eigenvalue weighted by atomic mass is 10.0. The van der Waals surface area contributed by atoms with Crippen LogP contribution in [0.5, 0.6) is 0 Å². The number of para-hydroxylation sites is 1. The summed E-state index contributed by atoms with van der Waals surface area (Å²) in [5.41, 5.74) is 5.92. The maximum Gasteiger partial charge on any atom is 0.262 e. The molecule has 0 aliphatic carbocycles.